The molecule has 4 nitrogen and oxygen atoms in total. The molecule has 2 amide bonds. The van der Waals surface area contributed by atoms with Crippen LogP contribution in [0.1, 0.15) is 36.2 Å². The van der Waals surface area contributed by atoms with Crippen molar-refractivity contribution in [2.75, 3.05) is 12.4 Å². The summed E-state index contributed by atoms with van der Waals surface area (Å²) in [7, 11) is 1.56. The van der Waals surface area contributed by atoms with Gasteiger partial charge in [-0.15, -0.1) is 0 Å². The number of carbonyl (C=O) groups is 2. The molecule has 0 spiro atoms. The summed E-state index contributed by atoms with van der Waals surface area (Å²) in [5, 5.41) is 6.07. The van der Waals surface area contributed by atoms with Crippen LogP contribution in [-0.4, -0.2) is 18.9 Å². The highest BCUT2D eigenvalue weighted by Gasteiger charge is 2.25. The SMILES string of the molecule is CNC(=O)c1ccccc1NC(=O)CC(C)(C)c1ccc(Cl)cc1. The molecule has 0 aliphatic rings. The monoisotopic (exact) mass is 344 g/mol. The zero-order valence-electron chi connectivity index (χ0n) is 14.0. The molecule has 0 aliphatic heterocycles. The van der Waals surface area contributed by atoms with Crippen molar-refractivity contribution in [2.45, 2.75) is 25.7 Å². The molecule has 0 saturated heterocycles. The van der Waals surface area contributed by atoms with Gasteiger partial charge in [0.25, 0.3) is 5.91 Å². The molecule has 24 heavy (non-hydrogen) atoms. The van der Waals surface area contributed by atoms with Gasteiger partial charge in [-0.1, -0.05) is 49.7 Å². The van der Waals surface area contributed by atoms with Crippen LogP contribution in [-0.2, 0) is 10.2 Å². The van der Waals surface area contributed by atoms with E-state index in [-0.39, 0.29) is 23.7 Å². The Morgan fingerprint density at radius 1 is 1.04 bits per heavy atom. The summed E-state index contributed by atoms with van der Waals surface area (Å²) in [5.74, 6) is -0.380. The summed E-state index contributed by atoms with van der Waals surface area (Å²) < 4.78 is 0. The molecule has 0 unspecified atom stereocenters. The van der Waals surface area contributed by atoms with Gasteiger partial charge in [0.15, 0.2) is 0 Å². The minimum atomic E-state index is -0.351. The minimum Gasteiger partial charge on any atom is -0.355 e. The van der Waals surface area contributed by atoms with Crippen LogP contribution in [0.2, 0.25) is 5.02 Å². The Labute approximate surface area is 147 Å². The van der Waals surface area contributed by atoms with E-state index in [9.17, 15) is 9.59 Å². The van der Waals surface area contributed by atoms with Gasteiger partial charge in [0.1, 0.15) is 0 Å². The lowest BCUT2D eigenvalue weighted by Crippen LogP contribution is -2.27. The Hall–Kier alpha value is -2.33. The Morgan fingerprint density at radius 3 is 2.29 bits per heavy atom. The molecule has 2 aromatic rings. The number of hydrogen-bond donors (Lipinski definition) is 2. The maximum atomic E-state index is 12.5. The molecular weight excluding hydrogens is 324 g/mol. The van der Waals surface area contributed by atoms with Crippen LogP contribution in [0.5, 0.6) is 0 Å². The normalized spacial score (nSPS) is 11.0. The van der Waals surface area contributed by atoms with Gasteiger partial charge in [-0.3, -0.25) is 9.59 Å². The van der Waals surface area contributed by atoms with Crippen molar-refractivity contribution in [3.63, 3.8) is 0 Å². The van der Waals surface area contributed by atoms with Gasteiger partial charge in [-0.25, -0.2) is 0 Å². The van der Waals surface area contributed by atoms with E-state index >= 15 is 0 Å². The second kappa shape index (κ2) is 7.49. The maximum absolute atomic E-state index is 12.5. The summed E-state index contributed by atoms with van der Waals surface area (Å²) in [6.07, 6.45) is 0.288. The lowest BCUT2D eigenvalue weighted by Gasteiger charge is -2.25. The molecule has 0 radical (unpaired) electrons. The van der Waals surface area contributed by atoms with Crippen molar-refractivity contribution in [3.8, 4) is 0 Å². The molecular formula is C19H21ClN2O2. The quantitative estimate of drug-likeness (QED) is 0.861. The molecule has 0 bridgehead atoms. The Morgan fingerprint density at radius 2 is 1.67 bits per heavy atom. The van der Waals surface area contributed by atoms with E-state index in [4.69, 9.17) is 11.6 Å². The van der Waals surface area contributed by atoms with Crippen molar-refractivity contribution >= 4 is 29.1 Å². The first kappa shape index (κ1) is 18.0. The van der Waals surface area contributed by atoms with Gasteiger partial charge in [0.2, 0.25) is 5.91 Å². The van der Waals surface area contributed by atoms with Crippen molar-refractivity contribution in [3.05, 3.63) is 64.7 Å². The highest BCUT2D eigenvalue weighted by atomic mass is 35.5. The second-order valence-electron chi connectivity index (χ2n) is 6.24. The number of anilines is 1. The molecule has 0 aromatic heterocycles. The highest BCUT2D eigenvalue weighted by molar-refractivity contribution is 6.30. The van der Waals surface area contributed by atoms with Gasteiger partial charge in [-0.05, 0) is 35.2 Å². The third-order valence-corrected chi connectivity index (χ3v) is 4.15. The van der Waals surface area contributed by atoms with Crippen LogP contribution >= 0.6 is 11.6 Å². The molecule has 126 valence electrons. The number of amides is 2. The van der Waals surface area contributed by atoms with Gasteiger partial charge in [-0.2, -0.15) is 0 Å². The van der Waals surface area contributed by atoms with Gasteiger partial charge < -0.3 is 10.6 Å². The van der Waals surface area contributed by atoms with Crippen molar-refractivity contribution in [1.82, 2.24) is 5.32 Å². The van der Waals surface area contributed by atoms with Gasteiger partial charge in [0, 0.05) is 18.5 Å². The third kappa shape index (κ3) is 4.36. The number of para-hydroxylation sites is 1. The van der Waals surface area contributed by atoms with E-state index in [1.165, 1.54) is 0 Å². The number of benzene rings is 2. The highest BCUT2D eigenvalue weighted by Crippen LogP contribution is 2.28. The van der Waals surface area contributed by atoms with Crippen LogP contribution in [0, 0.1) is 0 Å². The largest absolute Gasteiger partial charge is 0.355 e. The average Bonchev–Trinajstić information content (AvgIpc) is 2.54. The lowest BCUT2D eigenvalue weighted by atomic mass is 9.81. The first-order valence-electron chi connectivity index (χ1n) is 7.70. The average molecular weight is 345 g/mol. The Balaban J connectivity index is 2.13. The number of hydrogen-bond acceptors (Lipinski definition) is 2. The zero-order chi connectivity index (χ0) is 17.7. The zero-order valence-corrected chi connectivity index (χ0v) is 14.8. The van der Waals surface area contributed by atoms with Crippen LogP contribution in [0.4, 0.5) is 5.69 Å². The van der Waals surface area contributed by atoms with E-state index in [0.717, 1.165) is 5.56 Å². The lowest BCUT2D eigenvalue weighted by molar-refractivity contribution is -0.117. The summed E-state index contributed by atoms with van der Waals surface area (Å²) in [6.45, 7) is 4.00. The van der Waals surface area contributed by atoms with Crippen LogP contribution < -0.4 is 10.6 Å². The summed E-state index contributed by atoms with van der Waals surface area (Å²) in [5.41, 5.74) is 1.63. The fourth-order valence-electron chi connectivity index (χ4n) is 2.52. The van der Waals surface area contributed by atoms with Crippen molar-refractivity contribution in [1.29, 1.82) is 0 Å². The molecule has 2 N–H and O–H groups in total. The molecule has 0 fully saturated rings. The number of rotatable bonds is 5. The van der Waals surface area contributed by atoms with E-state index in [0.29, 0.717) is 16.3 Å². The van der Waals surface area contributed by atoms with E-state index in [1.807, 2.05) is 38.1 Å². The fraction of sp³-hybridized carbons (Fsp3) is 0.263. The molecule has 2 rings (SSSR count). The minimum absolute atomic E-state index is 0.147. The third-order valence-electron chi connectivity index (χ3n) is 3.90. The fourth-order valence-corrected chi connectivity index (χ4v) is 2.65. The first-order valence-corrected chi connectivity index (χ1v) is 8.08. The predicted octanol–water partition coefficient (Wildman–Crippen LogP) is 4.01. The first-order chi connectivity index (χ1) is 11.3. The van der Waals surface area contributed by atoms with E-state index in [2.05, 4.69) is 10.6 Å². The van der Waals surface area contributed by atoms with Crippen molar-refractivity contribution in [2.24, 2.45) is 0 Å². The number of carbonyl (C=O) groups excluding carboxylic acids is 2. The maximum Gasteiger partial charge on any atom is 0.253 e. The molecule has 0 saturated carbocycles. The van der Waals surface area contributed by atoms with E-state index < -0.39 is 0 Å². The van der Waals surface area contributed by atoms with Crippen LogP contribution in [0.3, 0.4) is 0 Å². The summed E-state index contributed by atoms with van der Waals surface area (Å²) >= 11 is 5.92. The van der Waals surface area contributed by atoms with Gasteiger partial charge >= 0.3 is 0 Å². The summed E-state index contributed by atoms with van der Waals surface area (Å²) in [6, 6.07) is 14.4. The summed E-state index contributed by atoms with van der Waals surface area (Å²) in [4.78, 5) is 24.3. The topological polar surface area (TPSA) is 58.2 Å². The van der Waals surface area contributed by atoms with E-state index in [1.54, 1.807) is 31.3 Å². The number of halogens is 1. The molecule has 0 atom stereocenters. The Kier molecular flexibility index (Phi) is 5.62. The molecule has 5 heteroatoms. The second-order valence-corrected chi connectivity index (χ2v) is 6.68. The Bertz CT molecular complexity index is 739. The standard InChI is InChI=1S/C19H21ClN2O2/c1-19(2,13-8-10-14(20)11-9-13)12-17(23)22-16-7-5-4-6-15(16)18(24)21-3/h4-11H,12H2,1-3H3,(H,21,24)(H,22,23). The molecule has 0 heterocycles. The van der Waals surface area contributed by atoms with Crippen LogP contribution in [0.25, 0.3) is 0 Å². The van der Waals surface area contributed by atoms with Gasteiger partial charge in [0.05, 0.1) is 11.3 Å². The predicted molar refractivity (Wildman–Crippen MR) is 97.6 cm³/mol. The van der Waals surface area contributed by atoms with Crippen molar-refractivity contribution < 1.29 is 9.59 Å². The number of nitrogens with one attached hydrogen (secondary N) is 2. The molecule has 2 aromatic carbocycles. The van der Waals surface area contributed by atoms with Crippen LogP contribution in [0.15, 0.2) is 48.5 Å². The smallest absolute Gasteiger partial charge is 0.253 e. The molecule has 0 aliphatic carbocycles.